The fourth-order valence-corrected chi connectivity index (χ4v) is 2.48. The predicted octanol–water partition coefficient (Wildman–Crippen LogP) is 3.15. The third-order valence-electron chi connectivity index (χ3n) is 4.23. The van der Waals surface area contributed by atoms with E-state index in [4.69, 9.17) is 9.84 Å². The van der Waals surface area contributed by atoms with E-state index >= 15 is 0 Å². The summed E-state index contributed by atoms with van der Waals surface area (Å²) in [6.45, 7) is 3.03. The summed E-state index contributed by atoms with van der Waals surface area (Å²) in [5.74, 6) is -16.5. The molecule has 2 aromatic rings. The molecule has 0 fully saturated rings. The smallest absolute Gasteiger partial charge is 0.413 e. The number of para-hydroxylation sites is 2. The zero-order valence-corrected chi connectivity index (χ0v) is 16.6. The number of aliphatic carboxylic acids is 1. The van der Waals surface area contributed by atoms with E-state index in [-0.39, 0.29) is 18.0 Å². The zero-order valence-electron chi connectivity index (χ0n) is 16.6. The minimum atomic E-state index is -5.57. The van der Waals surface area contributed by atoms with E-state index < -0.39 is 23.7 Å². The largest absolute Gasteiger partial charge is 0.486 e. The van der Waals surface area contributed by atoms with E-state index in [9.17, 15) is 27.2 Å². The first-order valence-electron chi connectivity index (χ1n) is 9.35. The number of hydrazine groups is 1. The molecule has 1 aromatic carbocycles. The highest BCUT2D eigenvalue weighted by Gasteiger charge is 2.67. The Bertz CT molecular complexity index is 925. The Hall–Kier alpha value is -3.37. The molecule has 1 amide bonds. The molecular formula is C20H22F4N3O4+. The quantitative estimate of drug-likeness (QED) is 0.281. The molecule has 0 saturated heterocycles. The summed E-state index contributed by atoms with van der Waals surface area (Å²) in [7, 11) is 0. The number of anilines is 1. The molecule has 7 nitrogen and oxygen atoms in total. The second kappa shape index (κ2) is 10.1. The number of nitrogens with one attached hydrogen (secondary N) is 2. The van der Waals surface area contributed by atoms with Gasteiger partial charge in [-0.15, -0.1) is 0 Å². The maximum absolute atomic E-state index is 13.5. The number of hydrogen-bond donors (Lipinski definition) is 3. The van der Waals surface area contributed by atoms with Crippen LogP contribution in [0.15, 0.2) is 48.8 Å². The number of aromatic nitrogens is 1. The number of aryl methyl sites for hydroxylation is 1. The number of carbonyl (C=O) groups is 2. The van der Waals surface area contributed by atoms with Crippen LogP contribution in [0.4, 0.5) is 23.2 Å². The summed E-state index contributed by atoms with van der Waals surface area (Å²) in [6.07, 6.45) is 5.85. The molecule has 1 aromatic heterocycles. The molecule has 168 valence electrons. The molecule has 3 N–H and O–H groups in total. The van der Waals surface area contributed by atoms with Crippen LogP contribution in [0.1, 0.15) is 25.3 Å². The van der Waals surface area contributed by atoms with E-state index in [2.05, 4.69) is 12.3 Å². The topological polar surface area (TPSA) is 91.5 Å². The van der Waals surface area contributed by atoms with Crippen LogP contribution in [0.5, 0.6) is 5.75 Å². The summed E-state index contributed by atoms with van der Waals surface area (Å²) in [4.78, 5) is 21.8. The second-order valence-corrected chi connectivity index (χ2v) is 6.62. The Morgan fingerprint density at radius 3 is 2.48 bits per heavy atom. The minimum absolute atomic E-state index is 0.0140. The lowest BCUT2D eigenvalue weighted by atomic mass is 10.1. The van der Waals surface area contributed by atoms with Crippen molar-refractivity contribution in [2.45, 2.75) is 44.8 Å². The molecule has 1 heterocycles. The number of rotatable bonds is 11. The van der Waals surface area contributed by atoms with Gasteiger partial charge < -0.3 is 9.84 Å². The molecule has 11 heteroatoms. The van der Waals surface area contributed by atoms with Crippen LogP contribution >= 0.6 is 0 Å². The lowest BCUT2D eigenvalue weighted by Crippen LogP contribution is -2.57. The van der Waals surface area contributed by atoms with Crippen molar-refractivity contribution in [2.24, 2.45) is 0 Å². The molecule has 0 atom stereocenters. The van der Waals surface area contributed by atoms with E-state index in [1.165, 1.54) is 23.6 Å². The fraction of sp³-hybridized carbons (Fsp3) is 0.350. The Balaban J connectivity index is 2.04. The van der Waals surface area contributed by atoms with Gasteiger partial charge in [0.25, 0.3) is 0 Å². The summed E-state index contributed by atoms with van der Waals surface area (Å²) in [6, 6.07) is 9.59. The normalized spacial score (nSPS) is 11.6. The molecule has 0 aliphatic rings. The lowest BCUT2D eigenvalue weighted by Gasteiger charge is -2.22. The minimum Gasteiger partial charge on any atom is -0.486 e. The van der Waals surface area contributed by atoms with Gasteiger partial charge in [0.15, 0.2) is 12.4 Å². The highest BCUT2D eigenvalue weighted by molar-refractivity contribution is 5.92. The van der Waals surface area contributed by atoms with Crippen molar-refractivity contribution < 1.29 is 41.6 Å². The molecule has 2 rings (SSSR count). The number of nitrogens with zero attached hydrogens (tertiary/aromatic N) is 1. The first-order chi connectivity index (χ1) is 14.6. The van der Waals surface area contributed by atoms with E-state index in [1.54, 1.807) is 6.07 Å². The first kappa shape index (κ1) is 23.9. The van der Waals surface area contributed by atoms with Crippen molar-refractivity contribution in [3.63, 3.8) is 0 Å². The summed E-state index contributed by atoms with van der Waals surface area (Å²) in [5.41, 5.74) is 4.31. The number of pyridine rings is 1. The monoisotopic (exact) mass is 444 g/mol. The number of unbranched alkanes of at least 4 members (excludes halogenated alkanes) is 1. The summed E-state index contributed by atoms with van der Waals surface area (Å²) < 4.78 is 61.0. The Kier molecular flexibility index (Phi) is 7.78. The summed E-state index contributed by atoms with van der Waals surface area (Å²) >= 11 is 0. The number of benzene rings is 1. The van der Waals surface area contributed by atoms with Crippen molar-refractivity contribution in [3.8, 4) is 5.75 Å². The van der Waals surface area contributed by atoms with E-state index in [0.29, 0.717) is 0 Å². The third-order valence-corrected chi connectivity index (χ3v) is 4.23. The number of halogens is 4. The van der Waals surface area contributed by atoms with Crippen LogP contribution < -0.4 is 20.2 Å². The third kappa shape index (κ3) is 5.83. The number of ether oxygens (including phenoxy) is 1. The molecule has 0 aliphatic heterocycles. The van der Waals surface area contributed by atoms with Crippen LogP contribution in [0.25, 0.3) is 0 Å². The van der Waals surface area contributed by atoms with Crippen LogP contribution in [0.2, 0.25) is 0 Å². The molecule has 0 spiro atoms. The SMILES string of the molecule is CCCC[n+]1cccc(COc2ccccc2NNC(=O)C(F)(F)C(F)(F)C(=O)O)c1. The average Bonchev–Trinajstić information content (AvgIpc) is 2.75. The van der Waals surface area contributed by atoms with Gasteiger partial charge >= 0.3 is 23.7 Å². The average molecular weight is 444 g/mol. The molecule has 0 saturated carbocycles. The van der Waals surface area contributed by atoms with Crippen LogP contribution in [-0.4, -0.2) is 28.8 Å². The van der Waals surface area contributed by atoms with Crippen LogP contribution in [0, 0.1) is 0 Å². The molecule has 31 heavy (non-hydrogen) atoms. The van der Waals surface area contributed by atoms with Gasteiger partial charge in [0.05, 0.1) is 11.3 Å². The number of amides is 1. The number of hydrogen-bond acceptors (Lipinski definition) is 4. The van der Waals surface area contributed by atoms with E-state index in [0.717, 1.165) is 24.9 Å². The number of carboxylic acid groups (broad SMARTS) is 1. The first-order valence-corrected chi connectivity index (χ1v) is 9.35. The molecule has 0 bridgehead atoms. The molecular weight excluding hydrogens is 422 g/mol. The van der Waals surface area contributed by atoms with Crippen molar-refractivity contribution in [1.29, 1.82) is 0 Å². The maximum atomic E-state index is 13.5. The van der Waals surface area contributed by atoms with Crippen molar-refractivity contribution in [3.05, 3.63) is 54.4 Å². The van der Waals surface area contributed by atoms with Gasteiger partial charge in [-0.2, -0.15) is 17.6 Å². The van der Waals surface area contributed by atoms with Gasteiger partial charge in [-0.1, -0.05) is 25.5 Å². The van der Waals surface area contributed by atoms with Crippen molar-refractivity contribution in [1.82, 2.24) is 5.43 Å². The second-order valence-electron chi connectivity index (χ2n) is 6.62. The maximum Gasteiger partial charge on any atom is 0.413 e. The van der Waals surface area contributed by atoms with Gasteiger partial charge in [-0.05, 0) is 18.2 Å². The number of alkyl halides is 4. The highest BCUT2D eigenvalue weighted by atomic mass is 19.3. The van der Waals surface area contributed by atoms with Crippen molar-refractivity contribution >= 4 is 17.6 Å². The van der Waals surface area contributed by atoms with Gasteiger partial charge in [0.1, 0.15) is 18.9 Å². The molecule has 0 aliphatic carbocycles. The Labute approximate surface area is 175 Å². The van der Waals surface area contributed by atoms with Crippen molar-refractivity contribution in [2.75, 3.05) is 5.43 Å². The fourth-order valence-electron chi connectivity index (χ4n) is 2.48. The van der Waals surface area contributed by atoms with Gasteiger partial charge in [0, 0.05) is 12.5 Å². The van der Waals surface area contributed by atoms with Gasteiger partial charge in [-0.25, -0.2) is 9.36 Å². The Morgan fingerprint density at radius 1 is 1.10 bits per heavy atom. The molecule has 0 unspecified atom stereocenters. The van der Waals surface area contributed by atoms with Crippen LogP contribution in [0.3, 0.4) is 0 Å². The number of carbonyl (C=O) groups excluding carboxylic acids is 1. The summed E-state index contributed by atoms with van der Waals surface area (Å²) in [5, 5.41) is 8.25. The van der Waals surface area contributed by atoms with Crippen LogP contribution in [-0.2, 0) is 22.7 Å². The lowest BCUT2D eigenvalue weighted by molar-refractivity contribution is -0.697. The standard InChI is InChI=1S/C20H21F4N3O4/c1-2-3-10-27-11-6-7-14(12-27)13-31-16-9-5-4-8-15(16)25-26-17(28)19(21,22)20(23,24)18(29)30/h4-9,11-12,25H,2-3,10,13H2,1H3,(H-,26,28,29,30)/p+1. The molecule has 0 radical (unpaired) electrons. The number of carboxylic acids is 1. The van der Waals surface area contributed by atoms with Gasteiger partial charge in [-0.3, -0.25) is 15.6 Å². The zero-order chi connectivity index (χ0) is 23.1. The van der Waals surface area contributed by atoms with Gasteiger partial charge in [0.2, 0.25) is 0 Å². The van der Waals surface area contributed by atoms with E-state index in [1.807, 2.05) is 29.1 Å². The highest BCUT2D eigenvalue weighted by Crippen LogP contribution is 2.34. The Morgan fingerprint density at radius 2 is 1.81 bits per heavy atom. The predicted molar refractivity (Wildman–Crippen MR) is 102 cm³/mol.